The van der Waals surface area contributed by atoms with Crippen LogP contribution in [0.5, 0.6) is 0 Å². The summed E-state index contributed by atoms with van der Waals surface area (Å²) in [6.07, 6.45) is 0. The van der Waals surface area contributed by atoms with E-state index in [9.17, 15) is 0 Å². The van der Waals surface area contributed by atoms with Crippen LogP contribution in [0.2, 0.25) is 0 Å². The molecule has 6 nitrogen and oxygen atoms in total. The molecule has 6 heteroatoms. The first-order chi connectivity index (χ1) is 5.66. The summed E-state index contributed by atoms with van der Waals surface area (Å²) in [6.45, 7) is 3.52. The van der Waals surface area contributed by atoms with E-state index < -0.39 is 5.79 Å². The maximum absolute atomic E-state index is 8.13. The molecule has 0 bridgehead atoms. The van der Waals surface area contributed by atoms with Crippen LogP contribution in [0, 0.1) is 0 Å². The van der Waals surface area contributed by atoms with E-state index in [1.54, 1.807) is 0 Å². The standard InChI is InChI=1S/C6H12N4O2/c1-5(9-10-8)6(4-7,11-2)12-3/h1,4,7H2,2-3H3. The van der Waals surface area contributed by atoms with Crippen molar-refractivity contribution in [2.24, 2.45) is 10.8 Å². The lowest BCUT2D eigenvalue weighted by Gasteiger charge is -2.28. The molecule has 0 atom stereocenters. The van der Waals surface area contributed by atoms with Crippen LogP contribution < -0.4 is 5.73 Å². The molecule has 0 aromatic heterocycles. The Morgan fingerprint density at radius 3 is 2.42 bits per heavy atom. The quantitative estimate of drug-likeness (QED) is 0.287. The van der Waals surface area contributed by atoms with Crippen LogP contribution in [0.15, 0.2) is 17.4 Å². The number of methoxy groups -OCH3 is 2. The number of nitrogens with zero attached hydrogens (tertiary/aromatic N) is 3. The third-order valence-electron chi connectivity index (χ3n) is 1.53. The largest absolute Gasteiger partial charge is 0.348 e. The average molecular weight is 172 g/mol. The fraction of sp³-hybridized carbons (Fsp3) is 0.667. The Bertz CT molecular complexity index is 197. The maximum atomic E-state index is 8.13. The number of rotatable bonds is 5. The molecule has 0 heterocycles. The van der Waals surface area contributed by atoms with Crippen molar-refractivity contribution in [3.63, 3.8) is 0 Å². The van der Waals surface area contributed by atoms with Crippen molar-refractivity contribution >= 4 is 0 Å². The van der Waals surface area contributed by atoms with Crippen molar-refractivity contribution in [3.8, 4) is 0 Å². The molecule has 0 unspecified atom stereocenters. The molecule has 0 aliphatic heterocycles. The molecular weight excluding hydrogens is 160 g/mol. The molecule has 68 valence electrons. The van der Waals surface area contributed by atoms with Gasteiger partial charge in [0.2, 0.25) is 5.79 Å². The van der Waals surface area contributed by atoms with Crippen LogP contribution in [0.25, 0.3) is 10.4 Å². The molecule has 0 aliphatic rings. The summed E-state index contributed by atoms with van der Waals surface area (Å²) < 4.78 is 9.88. The van der Waals surface area contributed by atoms with E-state index in [4.69, 9.17) is 20.7 Å². The fourth-order valence-corrected chi connectivity index (χ4v) is 0.734. The van der Waals surface area contributed by atoms with Crippen LogP contribution in [-0.4, -0.2) is 26.6 Å². The molecular formula is C6H12N4O2. The van der Waals surface area contributed by atoms with Gasteiger partial charge >= 0.3 is 0 Å². The van der Waals surface area contributed by atoms with Crippen LogP contribution in [0.4, 0.5) is 0 Å². The first kappa shape index (κ1) is 10.9. The first-order valence-corrected chi connectivity index (χ1v) is 3.21. The Morgan fingerprint density at radius 2 is 2.17 bits per heavy atom. The van der Waals surface area contributed by atoms with Crippen molar-refractivity contribution < 1.29 is 9.47 Å². The molecule has 0 aromatic rings. The monoisotopic (exact) mass is 172 g/mol. The highest BCUT2D eigenvalue weighted by Gasteiger charge is 2.30. The second-order valence-corrected chi connectivity index (χ2v) is 2.00. The number of hydrogen-bond acceptors (Lipinski definition) is 4. The molecule has 0 spiro atoms. The van der Waals surface area contributed by atoms with Gasteiger partial charge in [-0.3, -0.25) is 0 Å². The Kier molecular flexibility index (Phi) is 4.31. The second kappa shape index (κ2) is 4.74. The van der Waals surface area contributed by atoms with Gasteiger partial charge in [-0.15, -0.1) is 0 Å². The van der Waals surface area contributed by atoms with Gasteiger partial charge < -0.3 is 15.2 Å². The predicted molar refractivity (Wildman–Crippen MR) is 44.1 cm³/mol. The molecule has 0 fully saturated rings. The maximum Gasteiger partial charge on any atom is 0.208 e. The highest BCUT2D eigenvalue weighted by atomic mass is 16.7. The number of ether oxygens (including phenoxy) is 2. The fourth-order valence-electron chi connectivity index (χ4n) is 0.734. The minimum absolute atomic E-state index is 0.0395. The van der Waals surface area contributed by atoms with Gasteiger partial charge in [-0.25, -0.2) is 0 Å². The average Bonchev–Trinajstić information content (AvgIpc) is 2.09. The minimum Gasteiger partial charge on any atom is -0.348 e. The van der Waals surface area contributed by atoms with Gasteiger partial charge in [0, 0.05) is 19.1 Å². The number of hydrogen-bond donors (Lipinski definition) is 1. The van der Waals surface area contributed by atoms with Crippen LogP contribution in [-0.2, 0) is 9.47 Å². The Morgan fingerprint density at radius 1 is 1.67 bits per heavy atom. The van der Waals surface area contributed by atoms with E-state index in [0.29, 0.717) is 0 Å². The summed E-state index contributed by atoms with van der Waals surface area (Å²) in [4.78, 5) is 2.56. The van der Waals surface area contributed by atoms with Crippen LogP contribution in [0.1, 0.15) is 0 Å². The van der Waals surface area contributed by atoms with E-state index in [2.05, 4.69) is 16.6 Å². The molecule has 0 amide bonds. The summed E-state index contributed by atoms with van der Waals surface area (Å²) in [6, 6.07) is 0. The highest BCUT2D eigenvalue weighted by molar-refractivity contribution is 5.07. The lowest BCUT2D eigenvalue weighted by molar-refractivity contribution is -0.171. The number of azide groups is 1. The van der Waals surface area contributed by atoms with Crippen molar-refractivity contribution in [2.45, 2.75) is 5.79 Å². The molecule has 0 aliphatic carbocycles. The zero-order valence-corrected chi connectivity index (χ0v) is 7.15. The van der Waals surface area contributed by atoms with Gasteiger partial charge in [-0.2, -0.15) is 0 Å². The molecule has 0 saturated carbocycles. The minimum atomic E-state index is -1.20. The summed E-state index contributed by atoms with van der Waals surface area (Å²) in [5.74, 6) is -1.20. The summed E-state index contributed by atoms with van der Waals surface area (Å²) in [7, 11) is 2.79. The Balaban J connectivity index is 4.69. The molecule has 0 saturated heterocycles. The van der Waals surface area contributed by atoms with Crippen molar-refractivity contribution in [1.82, 2.24) is 0 Å². The van der Waals surface area contributed by atoms with Gasteiger partial charge in [-0.05, 0) is 5.53 Å². The van der Waals surface area contributed by atoms with Gasteiger partial charge in [-0.1, -0.05) is 11.7 Å². The first-order valence-electron chi connectivity index (χ1n) is 3.21. The summed E-state index contributed by atoms with van der Waals surface area (Å²) in [5, 5.41) is 3.27. The molecule has 12 heavy (non-hydrogen) atoms. The Hall–Kier alpha value is -1.07. The zero-order chi connectivity index (χ0) is 9.61. The van der Waals surface area contributed by atoms with Gasteiger partial charge in [0.05, 0.1) is 12.2 Å². The zero-order valence-electron chi connectivity index (χ0n) is 7.15. The topological polar surface area (TPSA) is 93.2 Å². The van der Waals surface area contributed by atoms with Crippen molar-refractivity contribution in [1.29, 1.82) is 0 Å². The third kappa shape index (κ3) is 1.96. The second-order valence-electron chi connectivity index (χ2n) is 2.00. The molecule has 0 rings (SSSR count). The van der Waals surface area contributed by atoms with E-state index in [1.807, 2.05) is 0 Å². The molecule has 0 radical (unpaired) electrons. The highest BCUT2D eigenvalue weighted by Crippen LogP contribution is 2.20. The van der Waals surface area contributed by atoms with E-state index in [1.165, 1.54) is 14.2 Å². The molecule has 0 aromatic carbocycles. The molecule has 2 N–H and O–H groups in total. The van der Waals surface area contributed by atoms with Crippen LogP contribution in [0.3, 0.4) is 0 Å². The summed E-state index contributed by atoms with van der Waals surface area (Å²) in [5.41, 5.74) is 13.6. The van der Waals surface area contributed by atoms with Gasteiger partial charge in [0.25, 0.3) is 0 Å². The summed E-state index contributed by atoms with van der Waals surface area (Å²) >= 11 is 0. The van der Waals surface area contributed by atoms with Gasteiger partial charge in [0.15, 0.2) is 0 Å². The SMILES string of the molecule is C=C(N=[N+]=[N-])C(CN)(OC)OC. The third-order valence-corrected chi connectivity index (χ3v) is 1.53. The lowest BCUT2D eigenvalue weighted by Crippen LogP contribution is -2.42. The van der Waals surface area contributed by atoms with E-state index in [-0.39, 0.29) is 12.2 Å². The lowest BCUT2D eigenvalue weighted by atomic mass is 10.2. The van der Waals surface area contributed by atoms with Crippen molar-refractivity contribution in [3.05, 3.63) is 22.7 Å². The van der Waals surface area contributed by atoms with Gasteiger partial charge in [0.1, 0.15) is 0 Å². The van der Waals surface area contributed by atoms with E-state index in [0.717, 1.165) is 0 Å². The van der Waals surface area contributed by atoms with E-state index >= 15 is 0 Å². The van der Waals surface area contributed by atoms with Crippen LogP contribution >= 0.6 is 0 Å². The number of nitrogens with two attached hydrogens (primary N) is 1. The Labute approximate surface area is 70.6 Å². The predicted octanol–water partition coefficient (Wildman–Crippen LogP) is 0.758. The smallest absolute Gasteiger partial charge is 0.208 e. The normalized spacial score (nSPS) is 10.6. The van der Waals surface area contributed by atoms with Crippen molar-refractivity contribution in [2.75, 3.05) is 20.8 Å².